The first-order valence-corrected chi connectivity index (χ1v) is 7.48. The maximum absolute atomic E-state index is 12.0. The summed E-state index contributed by atoms with van der Waals surface area (Å²) in [5.74, 6) is 1.01. The lowest BCUT2D eigenvalue weighted by atomic mass is 9.89. The number of hydrogen-bond acceptors (Lipinski definition) is 3. The number of hydrogen-bond donors (Lipinski definition) is 0. The smallest absolute Gasteiger partial charge is 0.325 e. The Balaban J connectivity index is 2.40. The predicted molar refractivity (Wildman–Crippen MR) is 74.6 cm³/mol. The van der Waals surface area contributed by atoms with Crippen LogP contribution in [-0.2, 0) is 14.3 Å². The Hall–Kier alpha value is -1.06. The van der Waals surface area contributed by atoms with Crippen molar-refractivity contribution in [2.24, 2.45) is 11.8 Å². The van der Waals surface area contributed by atoms with Crippen LogP contribution in [-0.4, -0.2) is 36.5 Å². The standard InChI is InChI=1S/C15H27NO3/c1-4-5-10-19-15(18)11-16-9-8-13(12(2)3)6-7-14(16)17/h12-13H,4-11H2,1-3H3. The highest BCUT2D eigenvalue weighted by molar-refractivity contribution is 5.82. The van der Waals surface area contributed by atoms with Gasteiger partial charge in [-0.15, -0.1) is 0 Å². The molecule has 0 aromatic rings. The molecule has 1 amide bonds. The Morgan fingerprint density at radius 3 is 2.79 bits per heavy atom. The molecule has 0 aliphatic carbocycles. The van der Waals surface area contributed by atoms with Gasteiger partial charge in [0.1, 0.15) is 6.54 Å². The number of carbonyl (C=O) groups is 2. The lowest BCUT2D eigenvalue weighted by Gasteiger charge is -2.20. The lowest BCUT2D eigenvalue weighted by molar-refractivity contribution is -0.149. The van der Waals surface area contributed by atoms with Crippen molar-refractivity contribution in [2.45, 2.75) is 52.9 Å². The normalized spacial score (nSPS) is 20.5. The minimum absolute atomic E-state index is 0.0931. The maximum Gasteiger partial charge on any atom is 0.325 e. The number of carbonyl (C=O) groups excluding carboxylic acids is 2. The monoisotopic (exact) mass is 269 g/mol. The van der Waals surface area contributed by atoms with Crippen molar-refractivity contribution >= 4 is 11.9 Å². The molecule has 1 aliphatic heterocycles. The van der Waals surface area contributed by atoms with E-state index in [4.69, 9.17) is 4.74 Å². The summed E-state index contributed by atoms with van der Waals surface area (Å²) in [7, 11) is 0. The fourth-order valence-corrected chi connectivity index (χ4v) is 2.42. The van der Waals surface area contributed by atoms with Crippen molar-refractivity contribution < 1.29 is 14.3 Å². The molecule has 0 aromatic carbocycles. The number of likely N-dealkylation sites (tertiary alicyclic amines) is 1. The molecule has 1 rings (SSSR count). The van der Waals surface area contributed by atoms with Gasteiger partial charge in [0.05, 0.1) is 6.61 Å². The first kappa shape index (κ1) is 16.0. The van der Waals surface area contributed by atoms with E-state index in [1.54, 1.807) is 4.90 Å². The van der Waals surface area contributed by atoms with Gasteiger partial charge in [0.15, 0.2) is 0 Å². The molecule has 1 atom stereocenters. The van der Waals surface area contributed by atoms with Crippen molar-refractivity contribution in [1.29, 1.82) is 0 Å². The number of esters is 1. The molecule has 110 valence electrons. The second-order valence-corrected chi connectivity index (χ2v) is 5.72. The average molecular weight is 269 g/mol. The summed E-state index contributed by atoms with van der Waals surface area (Å²) in [6.07, 6.45) is 4.38. The molecule has 0 spiro atoms. The fourth-order valence-electron chi connectivity index (χ4n) is 2.42. The average Bonchev–Trinajstić information content (AvgIpc) is 2.53. The van der Waals surface area contributed by atoms with Crippen LogP contribution in [0.5, 0.6) is 0 Å². The van der Waals surface area contributed by atoms with E-state index in [0.29, 0.717) is 31.4 Å². The molecule has 1 fully saturated rings. The number of amides is 1. The second-order valence-electron chi connectivity index (χ2n) is 5.72. The van der Waals surface area contributed by atoms with Crippen molar-refractivity contribution in [1.82, 2.24) is 4.90 Å². The molecule has 19 heavy (non-hydrogen) atoms. The molecule has 0 radical (unpaired) electrons. The summed E-state index contributed by atoms with van der Waals surface area (Å²) in [4.78, 5) is 25.3. The Labute approximate surface area is 116 Å². The van der Waals surface area contributed by atoms with Gasteiger partial charge in [-0.1, -0.05) is 27.2 Å². The summed E-state index contributed by atoms with van der Waals surface area (Å²) in [5, 5.41) is 0. The zero-order valence-electron chi connectivity index (χ0n) is 12.5. The van der Waals surface area contributed by atoms with Crippen LogP contribution >= 0.6 is 0 Å². The van der Waals surface area contributed by atoms with E-state index < -0.39 is 0 Å². The lowest BCUT2D eigenvalue weighted by Crippen LogP contribution is -2.36. The third kappa shape index (κ3) is 5.62. The number of nitrogens with zero attached hydrogens (tertiary/aromatic N) is 1. The number of ether oxygens (including phenoxy) is 1. The highest BCUT2D eigenvalue weighted by Gasteiger charge is 2.25. The van der Waals surface area contributed by atoms with Gasteiger partial charge in [-0.2, -0.15) is 0 Å². The third-order valence-corrected chi connectivity index (χ3v) is 3.88. The summed E-state index contributed by atoms with van der Waals surface area (Å²) < 4.78 is 5.12. The van der Waals surface area contributed by atoms with Crippen LogP contribution in [0.4, 0.5) is 0 Å². The molecule has 4 nitrogen and oxygen atoms in total. The first-order valence-electron chi connectivity index (χ1n) is 7.48. The largest absolute Gasteiger partial charge is 0.464 e. The first-order chi connectivity index (χ1) is 9.04. The van der Waals surface area contributed by atoms with Crippen LogP contribution < -0.4 is 0 Å². The predicted octanol–water partition coefficient (Wildman–Crippen LogP) is 2.61. The van der Waals surface area contributed by atoms with Crippen LogP contribution in [0.15, 0.2) is 0 Å². The van der Waals surface area contributed by atoms with E-state index in [1.165, 1.54) is 0 Å². The molecule has 0 aromatic heterocycles. The Kier molecular flexibility index (Phi) is 6.89. The van der Waals surface area contributed by atoms with Gasteiger partial charge in [-0.25, -0.2) is 0 Å². The van der Waals surface area contributed by atoms with Crippen LogP contribution in [0.25, 0.3) is 0 Å². The Morgan fingerprint density at radius 2 is 2.16 bits per heavy atom. The molecule has 1 unspecified atom stereocenters. The molecule has 1 heterocycles. The van der Waals surface area contributed by atoms with Crippen molar-refractivity contribution in [3.05, 3.63) is 0 Å². The van der Waals surface area contributed by atoms with Gasteiger partial charge in [0, 0.05) is 13.0 Å². The van der Waals surface area contributed by atoms with Crippen LogP contribution in [0.3, 0.4) is 0 Å². The SMILES string of the molecule is CCCCOC(=O)CN1CCC(C(C)C)CCC1=O. The highest BCUT2D eigenvalue weighted by atomic mass is 16.5. The van der Waals surface area contributed by atoms with Gasteiger partial charge in [-0.3, -0.25) is 9.59 Å². The zero-order valence-corrected chi connectivity index (χ0v) is 12.5. The van der Waals surface area contributed by atoms with E-state index >= 15 is 0 Å². The molecular weight excluding hydrogens is 242 g/mol. The molecule has 4 heteroatoms. The van der Waals surface area contributed by atoms with Gasteiger partial charge in [-0.05, 0) is 31.1 Å². The summed E-state index contributed by atoms with van der Waals surface area (Å²) in [6.45, 7) is 7.72. The van der Waals surface area contributed by atoms with E-state index in [1.807, 2.05) is 0 Å². The highest BCUT2D eigenvalue weighted by Crippen LogP contribution is 2.25. The van der Waals surface area contributed by atoms with Crippen molar-refractivity contribution in [2.75, 3.05) is 19.7 Å². The maximum atomic E-state index is 12.0. The molecular formula is C15H27NO3. The quantitative estimate of drug-likeness (QED) is 0.550. The van der Waals surface area contributed by atoms with Crippen molar-refractivity contribution in [3.63, 3.8) is 0 Å². The Morgan fingerprint density at radius 1 is 1.42 bits per heavy atom. The third-order valence-electron chi connectivity index (χ3n) is 3.88. The van der Waals surface area contributed by atoms with E-state index in [2.05, 4.69) is 20.8 Å². The molecule has 0 N–H and O–H groups in total. The molecule has 0 saturated carbocycles. The van der Waals surface area contributed by atoms with Crippen LogP contribution in [0.1, 0.15) is 52.9 Å². The number of rotatable bonds is 6. The van der Waals surface area contributed by atoms with E-state index in [-0.39, 0.29) is 18.4 Å². The fraction of sp³-hybridized carbons (Fsp3) is 0.867. The summed E-state index contributed by atoms with van der Waals surface area (Å²) in [5.41, 5.74) is 0. The van der Waals surface area contributed by atoms with Gasteiger partial charge in [0.25, 0.3) is 0 Å². The molecule has 0 bridgehead atoms. The molecule has 1 saturated heterocycles. The second kappa shape index (κ2) is 8.18. The number of unbranched alkanes of at least 4 members (excludes halogenated alkanes) is 1. The van der Waals surface area contributed by atoms with Crippen molar-refractivity contribution in [3.8, 4) is 0 Å². The molecule has 1 aliphatic rings. The van der Waals surface area contributed by atoms with E-state index in [0.717, 1.165) is 25.7 Å². The van der Waals surface area contributed by atoms with E-state index in [9.17, 15) is 9.59 Å². The minimum atomic E-state index is -0.273. The van der Waals surface area contributed by atoms with Gasteiger partial charge >= 0.3 is 5.97 Å². The Bertz CT molecular complexity index is 302. The zero-order chi connectivity index (χ0) is 14.3. The van der Waals surface area contributed by atoms with Crippen LogP contribution in [0.2, 0.25) is 0 Å². The van der Waals surface area contributed by atoms with Crippen LogP contribution in [0, 0.1) is 11.8 Å². The summed E-state index contributed by atoms with van der Waals surface area (Å²) in [6, 6.07) is 0. The van der Waals surface area contributed by atoms with Gasteiger partial charge in [0.2, 0.25) is 5.91 Å². The van der Waals surface area contributed by atoms with Gasteiger partial charge < -0.3 is 9.64 Å². The minimum Gasteiger partial charge on any atom is -0.464 e. The summed E-state index contributed by atoms with van der Waals surface area (Å²) >= 11 is 0. The topological polar surface area (TPSA) is 46.6 Å².